The summed E-state index contributed by atoms with van der Waals surface area (Å²) < 4.78 is 0. The molecule has 0 aliphatic carbocycles. The van der Waals surface area contributed by atoms with Crippen molar-refractivity contribution in [1.82, 2.24) is 19.9 Å². The third-order valence-corrected chi connectivity index (χ3v) is 5.78. The van der Waals surface area contributed by atoms with Gasteiger partial charge in [0, 0.05) is 71.1 Å². The predicted molar refractivity (Wildman–Crippen MR) is 132 cm³/mol. The maximum absolute atomic E-state index is 7.89. The van der Waals surface area contributed by atoms with E-state index in [2.05, 4.69) is 68.6 Å². The lowest BCUT2D eigenvalue weighted by Gasteiger charge is -2.08. The van der Waals surface area contributed by atoms with Gasteiger partial charge in [-0.2, -0.15) is 0 Å². The van der Waals surface area contributed by atoms with E-state index < -0.39 is 0 Å². The van der Waals surface area contributed by atoms with Crippen molar-refractivity contribution < 1.29 is 0 Å². The number of hydrogen-bond donors (Lipinski definition) is 4. The molecule has 0 atom stereocenters. The predicted octanol–water partition coefficient (Wildman–Crippen LogP) is 6.40. The van der Waals surface area contributed by atoms with Crippen LogP contribution in [0.3, 0.4) is 0 Å². The molecule has 0 aliphatic rings. The van der Waals surface area contributed by atoms with Gasteiger partial charge in [-0.25, -0.2) is 9.97 Å². The summed E-state index contributed by atoms with van der Waals surface area (Å²) in [4.78, 5) is 15.7. The second-order valence-electron chi connectivity index (χ2n) is 8.06. The molecule has 0 radical (unpaired) electrons. The van der Waals surface area contributed by atoms with E-state index in [9.17, 15) is 0 Å². The molecule has 0 unspecified atom stereocenters. The standard InChI is InChI=1S/C26H26N6/c1-2-3-21(27)9-11-29-25-7-5-19(14-30-25)20-13-22-23(16-32-26(22)31-15-20)17-4-6-24-18(12-17)8-10-28-24/h4-8,10,12-16,27-28H,2-3,9,11H2,1H3,(H,29,30)(H,31,32). The molecule has 0 bridgehead atoms. The van der Waals surface area contributed by atoms with Crippen molar-refractivity contribution in [2.75, 3.05) is 11.9 Å². The van der Waals surface area contributed by atoms with Crippen molar-refractivity contribution in [3.05, 3.63) is 67.3 Å². The van der Waals surface area contributed by atoms with Crippen LogP contribution in [0.1, 0.15) is 26.2 Å². The number of benzene rings is 1. The lowest BCUT2D eigenvalue weighted by molar-refractivity contribution is 0.939. The van der Waals surface area contributed by atoms with E-state index in [-0.39, 0.29) is 0 Å². The number of fused-ring (bicyclic) bond motifs is 2. The lowest BCUT2D eigenvalue weighted by atomic mass is 10.0. The highest BCUT2D eigenvalue weighted by Gasteiger charge is 2.10. The minimum atomic E-state index is 0.733. The smallest absolute Gasteiger partial charge is 0.137 e. The number of pyridine rings is 2. The summed E-state index contributed by atoms with van der Waals surface area (Å²) in [7, 11) is 0. The first kappa shape index (κ1) is 20.0. The Kier molecular flexibility index (Phi) is 5.42. The summed E-state index contributed by atoms with van der Waals surface area (Å²) in [5.74, 6) is 0.828. The molecule has 0 aliphatic heterocycles. The van der Waals surface area contributed by atoms with Crippen molar-refractivity contribution >= 4 is 33.5 Å². The zero-order valence-electron chi connectivity index (χ0n) is 18.1. The zero-order valence-corrected chi connectivity index (χ0v) is 18.1. The van der Waals surface area contributed by atoms with Crippen molar-refractivity contribution in [3.8, 4) is 22.3 Å². The quantitative estimate of drug-likeness (QED) is 0.218. The van der Waals surface area contributed by atoms with Gasteiger partial charge in [-0.1, -0.05) is 19.4 Å². The summed E-state index contributed by atoms with van der Waals surface area (Å²) in [6.07, 6.45) is 10.4. The van der Waals surface area contributed by atoms with E-state index in [0.717, 1.165) is 76.1 Å². The summed E-state index contributed by atoms with van der Waals surface area (Å²) >= 11 is 0. The molecular formula is C26H26N6. The van der Waals surface area contributed by atoms with Crippen LogP contribution in [0.4, 0.5) is 5.82 Å². The molecular weight excluding hydrogens is 396 g/mol. The summed E-state index contributed by atoms with van der Waals surface area (Å²) in [6.45, 7) is 2.84. The van der Waals surface area contributed by atoms with E-state index >= 15 is 0 Å². The maximum atomic E-state index is 7.89. The van der Waals surface area contributed by atoms with Crippen molar-refractivity contribution in [2.24, 2.45) is 0 Å². The van der Waals surface area contributed by atoms with Gasteiger partial charge < -0.3 is 20.7 Å². The topological polar surface area (TPSA) is 93.2 Å². The van der Waals surface area contributed by atoms with Crippen LogP contribution >= 0.6 is 0 Å². The van der Waals surface area contributed by atoms with Crippen LogP contribution in [0.15, 0.2) is 67.3 Å². The van der Waals surface area contributed by atoms with Crippen LogP contribution in [0.5, 0.6) is 0 Å². The largest absolute Gasteiger partial charge is 0.370 e. The number of H-pyrrole nitrogens is 2. The molecule has 0 saturated heterocycles. The molecule has 6 heteroatoms. The molecule has 0 amide bonds. The number of aromatic nitrogens is 4. The summed E-state index contributed by atoms with van der Waals surface area (Å²) in [6, 6.07) is 14.8. The van der Waals surface area contributed by atoms with E-state index in [1.54, 1.807) is 0 Å². The average molecular weight is 423 g/mol. The molecule has 0 saturated carbocycles. The number of hydrogen-bond acceptors (Lipinski definition) is 4. The van der Waals surface area contributed by atoms with Crippen LogP contribution in [0, 0.1) is 5.41 Å². The molecule has 160 valence electrons. The van der Waals surface area contributed by atoms with Crippen LogP contribution < -0.4 is 5.32 Å². The normalized spacial score (nSPS) is 11.3. The molecule has 6 nitrogen and oxygen atoms in total. The number of nitrogens with zero attached hydrogens (tertiary/aromatic N) is 2. The third kappa shape index (κ3) is 3.99. The first-order chi connectivity index (χ1) is 15.7. The fourth-order valence-electron chi connectivity index (χ4n) is 4.06. The van der Waals surface area contributed by atoms with E-state index in [1.165, 1.54) is 5.39 Å². The highest BCUT2D eigenvalue weighted by atomic mass is 15.0. The highest BCUT2D eigenvalue weighted by molar-refractivity contribution is 5.98. The van der Waals surface area contributed by atoms with Crippen molar-refractivity contribution in [1.29, 1.82) is 5.41 Å². The third-order valence-electron chi connectivity index (χ3n) is 5.78. The van der Waals surface area contributed by atoms with Gasteiger partial charge in [0.2, 0.25) is 0 Å². The van der Waals surface area contributed by atoms with Gasteiger partial charge in [0.1, 0.15) is 11.5 Å². The van der Waals surface area contributed by atoms with Crippen LogP contribution in [-0.4, -0.2) is 32.2 Å². The minimum absolute atomic E-state index is 0.733. The van der Waals surface area contributed by atoms with Gasteiger partial charge in [0.15, 0.2) is 0 Å². The Labute approximate surface area is 186 Å². The van der Waals surface area contributed by atoms with Gasteiger partial charge in [-0.3, -0.25) is 0 Å². The molecule has 5 aromatic rings. The Morgan fingerprint density at radius 1 is 0.938 bits per heavy atom. The SMILES string of the molecule is CCCC(=N)CCNc1ccc(-c2cnc3[nH]cc(-c4ccc5[nH]ccc5c4)c3c2)cn1. The monoisotopic (exact) mass is 422 g/mol. The Hall–Kier alpha value is -3.93. The second kappa shape index (κ2) is 8.67. The number of nitrogens with one attached hydrogen (secondary N) is 4. The number of rotatable bonds is 8. The van der Waals surface area contributed by atoms with Crippen molar-refractivity contribution in [3.63, 3.8) is 0 Å². The van der Waals surface area contributed by atoms with Crippen LogP contribution in [0.25, 0.3) is 44.2 Å². The molecule has 32 heavy (non-hydrogen) atoms. The van der Waals surface area contributed by atoms with E-state index in [1.807, 2.05) is 30.9 Å². The average Bonchev–Trinajstić information content (AvgIpc) is 3.45. The summed E-state index contributed by atoms with van der Waals surface area (Å²) in [5, 5.41) is 13.5. The number of anilines is 1. The van der Waals surface area contributed by atoms with Gasteiger partial charge in [0.05, 0.1) is 0 Å². The van der Waals surface area contributed by atoms with Crippen LogP contribution in [0.2, 0.25) is 0 Å². The molecule has 0 fully saturated rings. The highest BCUT2D eigenvalue weighted by Crippen LogP contribution is 2.32. The molecule has 4 aromatic heterocycles. The van der Waals surface area contributed by atoms with E-state index in [0.29, 0.717) is 0 Å². The Morgan fingerprint density at radius 2 is 1.81 bits per heavy atom. The van der Waals surface area contributed by atoms with Gasteiger partial charge in [0.25, 0.3) is 0 Å². The van der Waals surface area contributed by atoms with E-state index in [4.69, 9.17) is 5.41 Å². The Balaban J connectivity index is 1.37. The Morgan fingerprint density at radius 3 is 2.66 bits per heavy atom. The van der Waals surface area contributed by atoms with Crippen LogP contribution in [-0.2, 0) is 0 Å². The molecule has 4 N–H and O–H groups in total. The Bertz CT molecular complexity index is 1380. The van der Waals surface area contributed by atoms with Gasteiger partial charge >= 0.3 is 0 Å². The van der Waals surface area contributed by atoms with Gasteiger partial charge in [-0.15, -0.1) is 0 Å². The lowest BCUT2D eigenvalue weighted by Crippen LogP contribution is -2.08. The number of aromatic amines is 2. The molecule has 0 spiro atoms. The first-order valence-corrected chi connectivity index (χ1v) is 11.0. The van der Waals surface area contributed by atoms with Crippen molar-refractivity contribution in [2.45, 2.75) is 26.2 Å². The second-order valence-corrected chi connectivity index (χ2v) is 8.06. The summed E-state index contributed by atoms with van der Waals surface area (Å²) in [5.41, 5.74) is 7.15. The molecule has 5 rings (SSSR count). The fourth-order valence-corrected chi connectivity index (χ4v) is 4.06. The van der Waals surface area contributed by atoms with Gasteiger partial charge in [-0.05, 0) is 53.8 Å². The minimum Gasteiger partial charge on any atom is -0.370 e. The maximum Gasteiger partial charge on any atom is 0.137 e. The first-order valence-electron chi connectivity index (χ1n) is 11.0. The fraction of sp³-hybridized carbons (Fsp3) is 0.192. The zero-order chi connectivity index (χ0) is 21.9. The molecule has 4 heterocycles. The molecule has 1 aromatic carbocycles.